The standard InChI is InChI=1S/C23H35N3O5/c1-4-5-6-19(16-25(2)30)23(29)24-15-21(27)26-13-11-18(12-14-26)22(28)17-7-9-20(31-3)10-8-17/h7-10,18-19,30H,4-6,11-16H2,1-3H3,(H,24,29). The van der Waals surface area contributed by atoms with E-state index in [-0.39, 0.29) is 42.5 Å². The van der Waals surface area contributed by atoms with E-state index in [0.717, 1.165) is 17.9 Å². The number of hydrogen-bond acceptors (Lipinski definition) is 6. The molecule has 1 aliphatic rings. The molecular formula is C23H35N3O5. The van der Waals surface area contributed by atoms with Gasteiger partial charge in [-0.3, -0.25) is 14.4 Å². The fraction of sp³-hybridized carbons (Fsp3) is 0.609. The van der Waals surface area contributed by atoms with Crippen molar-refractivity contribution in [3.8, 4) is 5.75 Å². The van der Waals surface area contributed by atoms with Crippen LogP contribution >= 0.6 is 0 Å². The Hall–Kier alpha value is -2.45. The van der Waals surface area contributed by atoms with E-state index >= 15 is 0 Å². The van der Waals surface area contributed by atoms with E-state index in [1.165, 1.54) is 7.05 Å². The number of ketones is 1. The number of amides is 2. The summed E-state index contributed by atoms with van der Waals surface area (Å²) in [5, 5.41) is 13.2. The topological polar surface area (TPSA) is 99.2 Å². The molecule has 31 heavy (non-hydrogen) atoms. The predicted molar refractivity (Wildman–Crippen MR) is 117 cm³/mol. The zero-order valence-corrected chi connectivity index (χ0v) is 18.8. The molecule has 1 aliphatic heterocycles. The van der Waals surface area contributed by atoms with Crippen molar-refractivity contribution in [3.63, 3.8) is 0 Å². The average Bonchev–Trinajstić information content (AvgIpc) is 2.79. The number of hydroxylamine groups is 2. The van der Waals surface area contributed by atoms with Crippen molar-refractivity contribution in [2.24, 2.45) is 11.8 Å². The number of carbonyl (C=O) groups excluding carboxylic acids is 3. The summed E-state index contributed by atoms with van der Waals surface area (Å²) in [6, 6.07) is 7.09. The Morgan fingerprint density at radius 2 is 1.87 bits per heavy atom. The molecule has 0 saturated carbocycles. The van der Waals surface area contributed by atoms with Gasteiger partial charge in [0.2, 0.25) is 11.8 Å². The van der Waals surface area contributed by atoms with E-state index in [9.17, 15) is 19.6 Å². The summed E-state index contributed by atoms with van der Waals surface area (Å²) in [5.41, 5.74) is 0.657. The Balaban J connectivity index is 1.80. The van der Waals surface area contributed by atoms with Gasteiger partial charge in [-0.15, -0.1) is 0 Å². The molecule has 1 heterocycles. The maximum absolute atomic E-state index is 12.7. The molecule has 2 rings (SSSR count). The van der Waals surface area contributed by atoms with Crippen LogP contribution in [-0.2, 0) is 9.59 Å². The van der Waals surface area contributed by atoms with Crippen LogP contribution in [0.4, 0.5) is 0 Å². The Labute approximate surface area is 184 Å². The number of rotatable bonds is 11. The third-order valence-corrected chi connectivity index (χ3v) is 5.77. The number of likely N-dealkylation sites (tertiary alicyclic amines) is 1. The number of nitrogens with one attached hydrogen (secondary N) is 1. The number of carbonyl (C=O) groups is 3. The van der Waals surface area contributed by atoms with Crippen LogP contribution in [0.15, 0.2) is 24.3 Å². The molecule has 0 aliphatic carbocycles. The van der Waals surface area contributed by atoms with Crippen LogP contribution in [0.25, 0.3) is 0 Å². The van der Waals surface area contributed by atoms with Gasteiger partial charge in [-0.25, -0.2) is 0 Å². The van der Waals surface area contributed by atoms with Crippen molar-refractivity contribution in [3.05, 3.63) is 29.8 Å². The van der Waals surface area contributed by atoms with Crippen molar-refractivity contribution in [1.82, 2.24) is 15.3 Å². The van der Waals surface area contributed by atoms with Crippen molar-refractivity contribution in [2.45, 2.75) is 39.0 Å². The molecule has 172 valence electrons. The minimum absolute atomic E-state index is 0.0618. The highest BCUT2D eigenvalue weighted by atomic mass is 16.5. The van der Waals surface area contributed by atoms with Crippen LogP contribution in [0.3, 0.4) is 0 Å². The van der Waals surface area contributed by atoms with Crippen molar-refractivity contribution < 1.29 is 24.3 Å². The molecule has 1 atom stereocenters. The summed E-state index contributed by atoms with van der Waals surface area (Å²) >= 11 is 0. The SMILES string of the molecule is CCCCC(CN(C)O)C(=O)NCC(=O)N1CCC(C(=O)c2ccc(OC)cc2)CC1. The predicted octanol–water partition coefficient (Wildman–Crippen LogP) is 2.36. The number of unbranched alkanes of at least 4 members (excludes halogenated alkanes) is 1. The van der Waals surface area contributed by atoms with Gasteiger partial charge in [-0.05, 0) is 43.5 Å². The lowest BCUT2D eigenvalue weighted by molar-refractivity contribution is -0.137. The molecule has 0 bridgehead atoms. The Bertz CT molecular complexity index is 727. The van der Waals surface area contributed by atoms with Gasteiger partial charge in [-0.2, -0.15) is 5.06 Å². The van der Waals surface area contributed by atoms with Gasteiger partial charge < -0.3 is 20.2 Å². The highest BCUT2D eigenvalue weighted by Gasteiger charge is 2.28. The second-order valence-corrected chi connectivity index (χ2v) is 8.14. The minimum Gasteiger partial charge on any atom is -0.497 e. The summed E-state index contributed by atoms with van der Waals surface area (Å²) in [4.78, 5) is 39.4. The highest BCUT2D eigenvalue weighted by molar-refractivity contribution is 5.98. The zero-order chi connectivity index (χ0) is 22.8. The summed E-state index contributed by atoms with van der Waals surface area (Å²) in [5.74, 6) is -0.0137. The first kappa shape index (κ1) is 24.8. The summed E-state index contributed by atoms with van der Waals surface area (Å²) in [7, 11) is 3.09. The van der Waals surface area contributed by atoms with Crippen LogP contribution in [-0.4, -0.2) is 73.1 Å². The number of nitrogens with zero attached hydrogens (tertiary/aromatic N) is 2. The molecule has 1 unspecified atom stereocenters. The third-order valence-electron chi connectivity index (χ3n) is 5.77. The Kier molecular flexibility index (Phi) is 9.94. The van der Waals surface area contributed by atoms with Gasteiger partial charge in [0.1, 0.15) is 5.75 Å². The maximum Gasteiger partial charge on any atom is 0.241 e. The van der Waals surface area contributed by atoms with Crippen LogP contribution < -0.4 is 10.1 Å². The minimum atomic E-state index is -0.351. The molecule has 1 saturated heterocycles. The molecule has 0 radical (unpaired) electrons. The van der Waals surface area contributed by atoms with Gasteiger partial charge in [0.05, 0.1) is 19.6 Å². The number of Topliss-reactive ketones (excluding diaryl/α,β-unsaturated/α-hetero) is 1. The van der Waals surface area contributed by atoms with Crippen LogP contribution in [0.5, 0.6) is 5.75 Å². The molecule has 8 heteroatoms. The van der Waals surface area contributed by atoms with Crippen LogP contribution in [0, 0.1) is 11.8 Å². The second kappa shape index (κ2) is 12.4. The Morgan fingerprint density at radius 3 is 2.42 bits per heavy atom. The smallest absolute Gasteiger partial charge is 0.241 e. The lowest BCUT2D eigenvalue weighted by Crippen LogP contribution is -2.46. The number of hydrogen-bond donors (Lipinski definition) is 2. The molecule has 1 fully saturated rings. The maximum atomic E-state index is 12.7. The van der Waals surface area contributed by atoms with Crippen molar-refractivity contribution >= 4 is 17.6 Å². The van der Waals surface area contributed by atoms with E-state index < -0.39 is 0 Å². The first-order chi connectivity index (χ1) is 14.8. The summed E-state index contributed by atoms with van der Waals surface area (Å²) in [6.07, 6.45) is 3.73. The van der Waals surface area contributed by atoms with E-state index in [2.05, 4.69) is 5.32 Å². The number of benzene rings is 1. The molecule has 8 nitrogen and oxygen atoms in total. The second-order valence-electron chi connectivity index (χ2n) is 8.14. The van der Waals surface area contributed by atoms with Gasteiger partial charge in [0.15, 0.2) is 5.78 Å². The molecule has 1 aromatic carbocycles. The molecule has 0 aromatic heterocycles. The van der Waals surface area contributed by atoms with E-state index in [0.29, 0.717) is 43.7 Å². The fourth-order valence-corrected chi connectivity index (χ4v) is 3.88. The quantitative estimate of drug-likeness (QED) is 0.411. The van der Waals surface area contributed by atoms with Crippen LogP contribution in [0.1, 0.15) is 49.4 Å². The van der Waals surface area contributed by atoms with Gasteiger partial charge in [-0.1, -0.05) is 19.8 Å². The first-order valence-corrected chi connectivity index (χ1v) is 11.0. The van der Waals surface area contributed by atoms with E-state index in [1.54, 1.807) is 36.3 Å². The Morgan fingerprint density at radius 1 is 1.23 bits per heavy atom. The molecule has 1 aromatic rings. The van der Waals surface area contributed by atoms with E-state index in [4.69, 9.17) is 4.74 Å². The lowest BCUT2D eigenvalue weighted by atomic mass is 9.89. The molecular weight excluding hydrogens is 398 g/mol. The highest BCUT2D eigenvalue weighted by Crippen LogP contribution is 2.23. The number of piperidine rings is 1. The van der Waals surface area contributed by atoms with E-state index in [1.807, 2.05) is 6.92 Å². The van der Waals surface area contributed by atoms with Crippen molar-refractivity contribution in [1.29, 1.82) is 0 Å². The van der Waals surface area contributed by atoms with Gasteiger partial charge >= 0.3 is 0 Å². The van der Waals surface area contributed by atoms with Crippen molar-refractivity contribution in [2.75, 3.05) is 40.3 Å². The fourth-order valence-electron chi connectivity index (χ4n) is 3.88. The summed E-state index contributed by atoms with van der Waals surface area (Å²) < 4.78 is 5.13. The van der Waals surface area contributed by atoms with Gasteiger partial charge in [0, 0.05) is 38.2 Å². The third kappa shape index (κ3) is 7.63. The number of methoxy groups -OCH3 is 1. The van der Waals surface area contributed by atoms with Crippen LogP contribution in [0.2, 0.25) is 0 Å². The molecule has 0 spiro atoms. The number of ether oxygens (including phenoxy) is 1. The summed E-state index contributed by atoms with van der Waals surface area (Å²) in [6.45, 7) is 3.22. The normalized spacial score (nSPS) is 15.6. The zero-order valence-electron chi connectivity index (χ0n) is 18.8. The van der Waals surface area contributed by atoms with Gasteiger partial charge in [0.25, 0.3) is 0 Å². The monoisotopic (exact) mass is 433 g/mol. The molecule has 2 N–H and O–H groups in total. The molecule has 2 amide bonds. The lowest BCUT2D eigenvalue weighted by Gasteiger charge is -2.31. The average molecular weight is 434 g/mol. The largest absolute Gasteiger partial charge is 0.497 e. The first-order valence-electron chi connectivity index (χ1n) is 11.0.